The van der Waals surface area contributed by atoms with Crippen LogP contribution in [0.2, 0.25) is 5.02 Å². The Morgan fingerprint density at radius 3 is 2.89 bits per heavy atom. The summed E-state index contributed by atoms with van der Waals surface area (Å²) in [6, 6.07) is 4.78. The Hall–Kier alpha value is -1.20. The Morgan fingerprint density at radius 2 is 2.22 bits per heavy atom. The lowest BCUT2D eigenvalue weighted by molar-refractivity contribution is 0.419. The first kappa shape index (κ1) is 13.2. The number of phenols is 1. The molecule has 2 rings (SSSR count). The molecule has 2 aromatic rings. The van der Waals surface area contributed by atoms with Crippen LogP contribution in [0.5, 0.6) is 5.75 Å². The standard InChI is InChI=1S/C12H13ClN2O2S/c1-7(2)18-6-11-14-12(17-15-11)9-4-3-8(13)5-10(9)16/h3-5,7,16H,6H2,1-2H3. The third kappa shape index (κ3) is 3.17. The van der Waals surface area contributed by atoms with Crippen molar-refractivity contribution >= 4 is 23.4 Å². The minimum Gasteiger partial charge on any atom is -0.507 e. The average molecular weight is 285 g/mol. The predicted molar refractivity (Wildman–Crippen MR) is 72.8 cm³/mol. The van der Waals surface area contributed by atoms with E-state index in [1.54, 1.807) is 23.9 Å². The van der Waals surface area contributed by atoms with Crippen LogP contribution in [0, 0.1) is 0 Å². The van der Waals surface area contributed by atoms with E-state index in [0.29, 0.717) is 33.3 Å². The molecule has 0 radical (unpaired) electrons. The second-order valence-corrected chi connectivity index (χ2v) is 6.04. The summed E-state index contributed by atoms with van der Waals surface area (Å²) < 4.78 is 5.13. The fourth-order valence-corrected chi connectivity index (χ4v) is 2.11. The van der Waals surface area contributed by atoms with Gasteiger partial charge in [0.2, 0.25) is 0 Å². The zero-order valence-electron chi connectivity index (χ0n) is 10.1. The van der Waals surface area contributed by atoms with E-state index in [4.69, 9.17) is 16.1 Å². The van der Waals surface area contributed by atoms with Gasteiger partial charge in [0.25, 0.3) is 5.89 Å². The van der Waals surface area contributed by atoms with E-state index >= 15 is 0 Å². The Morgan fingerprint density at radius 1 is 1.44 bits per heavy atom. The molecule has 0 aliphatic heterocycles. The maximum atomic E-state index is 9.75. The number of halogens is 1. The topological polar surface area (TPSA) is 59.2 Å². The zero-order valence-corrected chi connectivity index (χ0v) is 11.6. The number of thioether (sulfide) groups is 1. The first-order valence-electron chi connectivity index (χ1n) is 5.49. The highest BCUT2D eigenvalue weighted by atomic mass is 35.5. The van der Waals surface area contributed by atoms with Gasteiger partial charge in [0.05, 0.1) is 11.3 Å². The monoisotopic (exact) mass is 284 g/mol. The molecule has 1 N–H and O–H groups in total. The van der Waals surface area contributed by atoms with E-state index in [2.05, 4.69) is 24.0 Å². The van der Waals surface area contributed by atoms with Crippen LogP contribution >= 0.6 is 23.4 Å². The molecule has 0 aliphatic rings. The van der Waals surface area contributed by atoms with E-state index in [9.17, 15) is 5.11 Å². The van der Waals surface area contributed by atoms with Gasteiger partial charge in [-0.3, -0.25) is 0 Å². The van der Waals surface area contributed by atoms with Gasteiger partial charge in [0.15, 0.2) is 5.82 Å². The number of nitrogens with zero attached hydrogens (tertiary/aromatic N) is 2. The lowest BCUT2D eigenvalue weighted by Gasteiger charge is -2.00. The molecule has 0 saturated carbocycles. The van der Waals surface area contributed by atoms with Gasteiger partial charge in [-0.05, 0) is 23.4 Å². The quantitative estimate of drug-likeness (QED) is 0.927. The highest BCUT2D eigenvalue weighted by Gasteiger charge is 2.13. The van der Waals surface area contributed by atoms with E-state index in [0.717, 1.165) is 0 Å². The second-order valence-electron chi connectivity index (χ2n) is 4.04. The van der Waals surface area contributed by atoms with Crippen molar-refractivity contribution in [3.05, 3.63) is 29.0 Å². The summed E-state index contributed by atoms with van der Waals surface area (Å²) in [6.45, 7) is 4.22. The highest BCUT2D eigenvalue weighted by Crippen LogP contribution is 2.30. The van der Waals surface area contributed by atoms with Gasteiger partial charge >= 0.3 is 0 Å². The van der Waals surface area contributed by atoms with Gasteiger partial charge in [0, 0.05) is 5.02 Å². The third-order valence-electron chi connectivity index (χ3n) is 2.20. The number of rotatable bonds is 4. The summed E-state index contributed by atoms with van der Waals surface area (Å²) in [7, 11) is 0. The van der Waals surface area contributed by atoms with Crippen LogP contribution in [0.1, 0.15) is 19.7 Å². The molecule has 0 unspecified atom stereocenters. The van der Waals surface area contributed by atoms with Gasteiger partial charge < -0.3 is 9.63 Å². The van der Waals surface area contributed by atoms with Crippen molar-refractivity contribution in [3.8, 4) is 17.2 Å². The summed E-state index contributed by atoms with van der Waals surface area (Å²) in [5.41, 5.74) is 0.493. The molecule has 0 bridgehead atoms. The lowest BCUT2D eigenvalue weighted by Crippen LogP contribution is -1.90. The van der Waals surface area contributed by atoms with Crippen molar-refractivity contribution in [2.75, 3.05) is 0 Å². The number of aromatic hydroxyl groups is 1. The van der Waals surface area contributed by atoms with Crippen LogP contribution in [0.4, 0.5) is 0 Å². The third-order valence-corrected chi connectivity index (χ3v) is 3.53. The summed E-state index contributed by atoms with van der Waals surface area (Å²) in [5.74, 6) is 1.66. The lowest BCUT2D eigenvalue weighted by atomic mass is 10.2. The van der Waals surface area contributed by atoms with Gasteiger partial charge in [-0.25, -0.2) is 0 Å². The number of phenolic OH excluding ortho intramolecular Hbond substituents is 1. The Labute approximate surface area is 114 Å². The maximum absolute atomic E-state index is 9.75. The summed E-state index contributed by atoms with van der Waals surface area (Å²) in [4.78, 5) is 4.24. The van der Waals surface area contributed by atoms with Crippen LogP contribution < -0.4 is 0 Å². The van der Waals surface area contributed by atoms with Gasteiger partial charge in [-0.1, -0.05) is 30.6 Å². The van der Waals surface area contributed by atoms with E-state index in [-0.39, 0.29) is 5.75 Å². The Bertz CT molecular complexity index is 543. The van der Waals surface area contributed by atoms with Crippen molar-refractivity contribution < 1.29 is 9.63 Å². The zero-order chi connectivity index (χ0) is 13.1. The summed E-state index contributed by atoms with van der Waals surface area (Å²) in [5, 5.41) is 14.6. The predicted octanol–water partition coefficient (Wildman–Crippen LogP) is 3.74. The van der Waals surface area contributed by atoms with Gasteiger partial charge in [-0.15, -0.1) is 0 Å². The van der Waals surface area contributed by atoms with Crippen molar-refractivity contribution in [2.24, 2.45) is 0 Å². The molecular weight excluding hydrogens is 272 g/mol. The molecule has 1 aromatic carbocycles. The van der Waals surface area contributed by atoms with Gasteiger partial charge in [0.1, 0.15) is 5.75 Å². The molecule has 0 saturated heterocycles. The van der Waals surface area contributed by atoms with Crippen LogP contribution in [0.3, 0.4) is 0 Å². The minimum atomic E-state index is 0.0363. The molecule has 0 atom stereocenters. The maximum Gasteiger partial charge on any atom is 0.261 e. The fraction of sp³-hybridized carbons (Fsp3) is 0.333. The average Bonchev–Trinajstić information content (AvgIpc) is 2.75. The molecule has 4 nitrogen and oxygen atoms in total. The SMILES string of the molecule is CC(C)SCc1noc(-c2ccc(Cl)cc2O)n1. The molecule has 18 heavy (non-hydrogen) atoms. The number of hydrogen-bond donors (Lipinski definition) is 1. The Balaban J connectivity index is 2.18. The summed E-state index contributed by atoms with van der Waals surface area (Å²) >= 11 is 7.50. The molecule has 1 heterocycles. The molecule has 0 fully saturated rings. The van der Waals surface area contributed by atoms with E-state index in [1.807, 2.05) is 0 Å². The molecule has 96 valence electrons. The van der Waals surface area contributed by atoms with Crippen LogP contribution in [0.15, 0.2) is 22.7 Å². The minimum absolute atomic E-state index is 0.0363. The smallest absolute Gasteiger partial charge is 0.261 e. The molecule has 0 spiro atoms. The van der Waals surface area contributed by atoms with E-state index < -0.39 is 0 Å². The summed E-state index contributed by atoms with van der Waals surface area (Å²) in [6.07, 6.45) is 0. The van der Waals surface area contributed by atoms with Crippen LogP contribution in [-0.2, 0) is 5.75 Å². The fourth-order valence-electron chi connectivity index (χ4n) is 1.35. The van der Waals surface area contributed by atoms with Crippen LogP contribution in [-0.4, -0.2) is 20.5 Å². The van der Waals surface area contributed by atoms with Crippen molar-refractivity contribution in [1.29, 1.82) is 0 Å². The molecule has 0 amide bonds. The number of hydrogen-bond acceptors (Lipinski definition) is 5. The normalized spacial score (nSPS) is 11.1. The molecular formula is C12H13ClN2O2S. The molecule has 0 aliphatic carbocycles. The van der Waals surface area contributed by atoms with Crippen molar-refractivity contribution in [1.82, 2.24) is 10.1 Å². The molecule has 1 aromatic heterocycles. The molecule has 6 heteroatoms. The van der Waals surface area contributed by atoms with Crippen LogP contribution in [0.25, 0.3) is 11.5 Å². The number of benzene rings is 1. The van der Waals surface area contributed by atoms with Crippen molar-refractivity contribution in [3.63, 3.8) is 0 Å². The second kappa shape index (κ2) is 5.63. The van der Waals surface area contributed by atoms with Gasteiger partial charge in [-0.2, -0.15) is 16.7 Å². The number of aromatic nitrogens is 2. The van der Waals surface area contributed by atoms with E-state index in [1.165, 1.54) is 6.07 Å². The largest absolute Gasteiger partial charge is 0.507 e. The Kier molecular flexibility index (Phi) is 4.14. The first-order valence-corrected chi connectivity index (χ1v) is 6.92. The van der Waals surface area contributed by atoms with Crippen molar-refractivity contribution in [2.45, 2.75) is 24.9 Å². The first-order chi connectivity index (χ1) is 8.56. The highest BCUT2D eigenvalue weighted by molar-refractivity contribution is 7.99.